The van der Waals surface area contributed by atoms with Crippen LogP contribution in [0.15, 0.2) is 109 Å². The van der Waals surface area contributed by atoms with Gasteiger partial charge in [0.25, 0.3) is 0 Å². The number of halogens is 1. The third-order valence-electron chi connectivity index (χ3n) is 8.96. The average molecular weight is 629 g/mol. The molecule has 2 aliphatic heterocycles. The number of carbonyl (C=O) groups is 1. The first-order valence-electron chi connectivity index (χ1n) is 15.3. The van der Waals surface area contributed by atoms with Crippen LogP contribution in [0.25, 0.3) is 27.6 Å². The summed E-state index contributed by atoms with van der Waals surface area (Å²) in [4.78, 5) is 19.6. The van der Waals surface area contributed by atoms with Crippen LogP contribution in [0.1, 0.15) is 31.9 Å². The van der Waals surface area contributed by atoms with Crippen LogP contribution < -0.4 is 19.1 Å². The number of hydrogen-bond acceptors (Lipinski definition) is 6. The highest BCUT2D eigenvalue weighted by Gasteiger charge is 2.60. The Morgan fingerprint density at radius 3 is 2.50 bits per heavy atom. The summed E-state index contributed by atoms with van der Waals surface area (Å²) >= 11 is 6.94. The van der Waals surface area contributed by atoms with Crippen molar-refractivity contribution in [1.82, 2.24) is 0 Å². The second-order valence-corrected chi connectivity index (χ2v) is 12.3. The number of nitrogens with zero attached hydrogens (tertiary/aromatic N) is 2. The number of aliphatic imine (C=N–C) groups is 1. The number of rotatable bonds is 7. The van der Waals surface area contributed by atoms with Crippen LogP contribution >= 0.6 is 11.6 Å². The lowest BCUT2D eigenvalue weighted by Crippen LogP contribution is -2.63. The summed E-state index contributed by atoms with van der Waals surface area (Å²) in [5, 5.41) is 4.32. The van der Waals surface area contributed by atoms with Gasteiger partial charge >= 0.3 is 5.97 Å². The lowest BCUT2D eigenvalue weighted by atomic mass is 9.75. The van der Waals surface area contributed by atoms with Gasteiger partial charge in [0.15, 0.2) is 0 Å². The number of ether oxygens (including phenoxy) is 3. The van der Waals surface area contributed by atoms with E-state index in [1.165, 1.54) is 0 Å². The van der Waals surface area contributed by atoms with Crippen LogP contribution in [0.5, 0.6) is 17.2 Å². The molecular formula is C39H33ClN2O4. The van der Waals surface area contributed by atoms with Crippen LogP contribution in [0.4, 0.5) is 11.4 Å². The molecule has 0 saturated carbocycles. The Labute approximate surface area is 273 Å². The average Bonchev–Trinajstić information content (AvgIpc) is 3.23. The monoisotopic (exact) mass is 628 g/mol. The van der Waals surface area contributed by atoms with Gasteiger partial charge in [-0.3, -0.25) is 4.99 Å². The van der Waals surface area contributed by atoms with E-state index >= 15 is 0 Å². The van der Waals surface area contributed by atoms with E-state index in [1.54, 1.807) is 6.07 Å². The summed E-state index contributed by atoms with van der Waals surface area (Å²) in [6.45, 7) is 10.8. The van der Waals surface area contributed by atoms with E-state index in [2.05, 4.69) is 37.5 Å². The smallest absolute Gasteiger partial charge is 0.335 e. The number of benzene rings is 5. The largest absolute Gasteiger partial charge is 0.492 e. The molecule has 7 rings (SSSR count). The highest BCUT2D eigenvalue weighted by Crippen LogP contribution is 2.58. The van der Waals surface area contributed by atoms with Crippen LogP contribution in [0.3, 0.4) is 0 Å². The molecule has 1 unspecified atom stereocenters. The van der Waals surface area contributed by atoms with E-state index in [0.717, 1.165) is 50.2 Å². The first-order valence-corrected chi connectivity index (χ1v) is 15.6. The molecule has 0 saturated heterocycles. The molecule has 0 bridgehead atoms. The molecule has 0 aromatic heterocycles. The zero-order valence-electron chi connectivity index (χ0n) is 25.9. The molecule has 6 nitrogen and oxygen atoms in total. The third-order valence-corrected chi connectivity index (χ3v) is 9.27. The van der Waals surface area contributed by atoms with Crippen LogP contribution in [0, 0.1) is 0 Å². The van der Waals surface area contributed by atoms with E-state index in [1.807, 2.05) is 92.0 Å². The quantitative estimate of drug-likeness (QED) is 0.102. The number of allylic oxidation sites excluding steroid dienone is 1. The van der Waals surface area contributed by atoms with Gasteiger partial charge in [-0.2, -0.15) is 0 Å². The maximum absolute atomic E-state index is 12.2. The van der Waals surface area contributed by atoms with Crippen molar-refractivity contribution in [2.45, 2.75) is 31.9 Å². The highest BCUT2D eigenvalue weighted by molar-refractivity contribution is 6.36. The third kappa shape index (κ3) is 4.55. The van der Waals surface area contributed by atoms with Crippen molar-refractivity contribution in [1.29, 1.82) is 0 Å². The zero-order chi connectivity index (χ0) is 32.1. The molecule has 2 aliphatic rings. The Morgan fingerprint density at radius 1 is 1.00 bits per heavy atom. The van der Waals surface area contributed by atoms with Crippen molar-refractivity contribution in [3.8, 4) is 17.2 Å². The molecule has 0 N–H and O–H groups in total. The molecule has 46 heavy (non-hydrogen) atoms. The minimum atomic E-state index is -1.01. The Bertz CT molecular complexity index is 2090. The van der Waals surface area contributed by atoms with Gasteiger partial charge in [0.05, 0.1) is 23.2 Å². The van der Waals surface area contributed by atoms with E-state index in [9.17, 15) is 4.79 Å². The summed E-state index contributed by atoms with van der Waals surface area (Å²) in [7, 11) is 0. The Hall–Kier alpha value is -5.07. The van der Waals surface area contributed by atoms with Gasteiger partial charge in [-0.15, -0.1) is 0 Å². The second-order valence-electron chi connectivity index (χ2n) is 11.9. The van der Waals surface area contributed by atoms with Gasteiger partial charge < -0.3 is 19.1 Å². The minimum Gasteiger partial charge on any atom is -0.492 e. The van der Waals surface area contributed by atoms with Gasteiger partial charge in [0, 0.05) is 27.9 Å². The van der Waals surface area contributed by atoms with Gasteiger partial charge in [-0.25, -0.2) is 4.79 Å². The fraction of sp³-hybridized carbons (Fsp3) is 0.179. The van der Waals surface area contributed by atoms with Crippen molar-refractivity contribution in [3.05, 3.63) is 120 Å². The zero-order valence-corrected chi connectivity index (χ0v) is 26.7. The normalized spacial score (nSPS) is 17.7. The van der Waals surface area contributed by atoms with Crippen molar-refractivity contribution in [2.24, 2.45) is 4.99 Å². The lowest BCUT2D eigenvalue weighted by molar-refractivity contribution is -0.128. The molecule has 1 spiro atoms. The van der Waals surface area contributed by atoms with E-state index in [0.29, 0.717) is 35.4 Å². The predicted molar refractivity (Wildman–Crippen MR) is 187 cm³/mol. The molecule has 2 heterocycles. The van der Waals surface area contributed by atoms with Gasteiger partial charge in [-0.1, -0.05) is 84.9 Å². The fourth-order valence-electron chi connectivity index (χ4n) is 6.90. The molecule has 5 aromatic rings. The van der Waals surface area contributed by atoms with E-state index in [-0.39, 0.29) is 0 Å². The van der Waals surface area contributed by atoms with Crippen LogP contribution in [0.2, 0.25) is 5.02 Å². The summed E-state index contributed by atoms with van der Waals surface area (Å²) in [6, 6.07) is 27.6. The number of anilines is 1. The van der Waals surface area contributed by atoms with Crippen molar-refractivity contribution in [2.75, 3.05) is 18.1 Å². The van der Waals surface area contributed by atoms with Crippen molar-refractivity contribution >= 4 is 62.8 Å². The first-order chi connectivity index (χ1) is 22.3. The molecule has 0 radical (unpaired) electrons. The van der Waals surface area contributed by atoms with Crippen molar-refractivity contribution in [3.63, 3.8) is 0 Å². The molecule has 5 aromatic carbocycles. The standard InChI is InChI=1S/C39H33ClN2O4/c1-5-13-25-22-33-37(29-18-12-19-32(35(25)29)45-34(43)6-2)41-24-39(46-33)38(3,4)36-28-17-11-10-16-27(28)30(40)23-31(36)42(39)20-21-44-26-14-8-7-9-15-26/h5-19,22-24H,2,20-21H2,1,3-4H3/b13-5+. The molecule has 0 fully saturated rings. The summed E-state index contributed by atoms with van der Waals surface area (Å²) < 4.78 is 19.1. The second kappa shape index (κ2) is 11.4. The maximum Gasteiger partial charge on any atom is 0.335 e. The number of para-hydroxylation sites is 1. The predicted octanol–water partition coefficient (Wildman–Crippen LogP) is 9.44. The number of hydrogen-bond donors (Lipinski definition) is 0. The van der Waals surface area contributed by atoms with E-state index in [4.69, 9.17) is 30.8 Å². The Balaban J connectivity index is 1.40. The number of carbonyl (C=O) groups excluding carboxylic acids is 1. The number of esters is 1. The maximum atomic E-state index is 12.2. The molecule has 230 valence electrons. The molecule has 1 atom stereocenters. The minimum absolute atomic E-state index is 0.412. The molecule has 0 amide bonds. The Kier molecular flexibility index (Phi) is 7.33. The van der Waals surface area contributed by atoms with Gasteiger partial charge in [-0.05, 0) is 67.6 Å². The SMILES string of the molecule is C=CC(=O)Oc1cccc2c3c(cc(/C=C/C)c12)OC1(C=N3)N(CCOc2ccccc2)c2cc(Cl)c3ccccc3c2C1(C)C. The summed E-state index contributed by atoms with van der Waals surface area (Å²) in [6.07, 6.45) is 7.00. The highest BCUT2D eigenvalue weighted by atomic mass is 35.5. The molecule has 0 aliphatic carbocycles. The lowest BCUT2D eigenvalue weighted by Gasteiger charge is -2.46. The molecule has 7 heteroatoms. The number of fused-ring (bicyclic) bond motifs is 6. The van der Waals surface area contributed by atoms with Crippen LogP contribution in [-0.4, -0.2) is 31.1 Å². The summed E-state index contributed by atoms with van der Waals surface area (Å²) in [5.74, 6) is 1.33. The van der Waals surface area contributed by atoms with E-state index < -0.39 is 17.1 Å². The Morgan fingerprint density at radius 2 is 1.74 bits per heavy atom. The first kappa shape index (κ1) is 29.6. The van der Waals surface area contributed by atoms with Crippen molar-refractivity contribution < 1.29 is 19.0 Å². The topological polar surface area (TPSA) is 60.4 Å². The van der Waals surface area contributed by atoms with Gasteiger partial charge in [0.1, 0.15) is 29.5 Å². The fourth-order valence-corrected chi connectivity index (χ4v) is 7.17. The summed E-state index contributed by atoms with van der Waals surface area (Å²) in [5.41, 5.74) is 2.04. The van der Waals surface area contributed by atoms with Crippen LogP contribution in [-0.2, 0) is 10.2 Å². The molecular weight excluding hydrogens is 596 g/mol. The van der Waals surface area contributed by atoms with Gasteiger partial charge in [0.2, 0.25) is 5.72 Å².